The van der Waals surface area contributed by atoms with E-state index in [-0.39, 0.29) is 5.92 Å². The number of benzene rings is 1. The molecule has 0 radical (unpaired) electrons. The Morgan fingerprint density at radius 1 is 1.18 bits per heavy atom. The summed E-state index contributed by atoms with van der Waals surface area (Å²) in [6, 6.07) is 10.4. The number of nitrogens with zero attached hydrogens (tertiary/aromatic N) is 2. The molecule has 1 aromatic carbocycles. The molecule has 0 N–H and O–H groups in total. The number of pyridine rings is 1. The van der Waals surface area contributed by atoms with Crippen molar-refractivity contribution in [2.24, 2.45) is 5.92 Å². The molecule has 1 amide bonds. The average Bonchev–Trinajstić information content (AvgIpc) is 3.10. The fraction of sp³-hybridized carbons (Fsp3) is 0.478. The minimum atomic E-state index is 0.0539. The molecule has 4 nitrogen and oxygen atoms in total. The number of amides is 1. The van der Waals surface area contributed by atoms with Gasteiger partial charge in [-0.25, -0.2) is 4.98 Å². The van der Waals surface area contributed by atoms with Crippen LogP contribution < -0.4 is 4.74 Å². The normalized spacial score (nSPS) is 20.6. The van der Waals surface area contributed by atoms with Gasteiger partial charge >= 0.3 is 0 Å². The third kappa shape index (κ3) is 3.88. The molecular weight excluding hydrogens is 372 g/mol. The van der Waals surface area contributed by atoms with Gasteiger partial charge in [-0.2, -0.15) is 0 Å². The summed E-state index contributed by atoms with van der Waals surface area (Å²) in [5, 5.41) is 0.701. The van der Waals surface area contributed by atoms with Crippen molar-refractivity contribution in [3.05, 3.63) is 47.1 Å². The molecule has 1 unspecified atom stereocenters. The minimum absolute atomic E-state index is 0.0539. The molecule has 1 aromatic heterocycles. The first-order valence-electron chi connectivity index (χ1n) is 10.3. The number of likely N-dealkylation sites (tertiary alicyclic amines) is 1. The quantitative estimate of drug-likeness (QED) is 0.700. The zero-order chi connectivity index (χ0) is 19.5. The predicted octanol–water partition coefficient (Wildman–Crippen LogP) is 5.13. The van der Waals surface area contributed by atoms with Gasteiger partial charge in [0.15, 0.2) is 0 Å². The van der Waals surface area contributed by atoms with E-state index >= 15 is 0 Å². The van der Waals surface area contributed by atoms with Crippen LogP contribution in [0.1, 0.15) is 44.1 Å². The van der Waals surface area contributed by atoms with Gasteiger partial charge in [-0.05, 0) is 55.0 Å². The number of halogens is 1. The molecule has 1 saturated heterocycles. The number of ether oxygens (including phenoxy) is 1. The Hall–Kier alpha value is -2.07. The fourth-order valence-corrected chi connectivity index (χ4v) is 4.88. The van der Waals surface area contributed by atoms with Crippen molar-refractivity contribution in [2.75, 3.05) is 13.7 Å². The second-order valence-electron chi connectivity index (χ2n) is 7.88. The van der Waals surface area contributed by atoms with Gasteiger partial charge in [0.2, 0.25) is 11.8 Å². The molecule has 5 heteroatoms. The van der Waals surface area contributed by atoms with Gasteiger partial charge in [-0.15, -0.1) is 0 Å². The van der Waals surface area contributed by atoms with Crippen LogP contribution in [0.15, 0.2) is 36.5 Å². The van der Waals surface area contributed by atoms with Gasteiger partial charge in [-0.3, -0.25) is 4.79 Å². The van der Waals surface area contributed by atoms with Gasteiger partial charge in [-0.1, -0.05) is 43.0 Å². The minimum Gasteiger partial charge on any atom is -0.481 e. The number of carbonyl (C=O) groups is 1. The van der Waals surface area contributed by atoms with Crippen LogP contribution >= 0.6 is 11.6 Å². The first-order valence-corrected chi connectivity index (χ1v) is 10.6. The molecule has 2 fully saturated rings. The molecule has 1 aliphatic heterocycles. The smallest absolute Gasteiger partial charge is 0.226 e. The van der Waals surface area contributed by atoms with Crippen LogP contribution in [0.4, 0.5) is 0 Å². The Labute approximate surface area is 171 Å². The van der Waals surface area contributed by atoms with Crippen molar-refractivity contribution < 1.29 is 9.53 Å². The Bertz CT molecular complexity index is 848. The molecule has 1 atom stereocenters. The van der Waals surface area contributed by atoms with E-state index in [2.05, 4.69) is 9.88 Å². The maximum atomic E-state index is 13.0. The van der Waals surface area contributed by atoms with Crippen molar-refractivity contribution in [3.8, 4) is 17.0 Å². The first kappa shape index (κ1) is 19.3. The number of aromatic nitrogens is 1. The molecule has 28 heavy (non-hydrogen) atoms. The average molecular weight is 399 g/mol. The van der Waals surface area contributed by atoms with Crippen LogP contribution in [-0.2, 0) is 11.2 Å². The highest BCUT2D eigenvalue weighted by molar-refractivity contribution is 6.31. The van der Waals surface area contributed by atoms with Crippen LogP contribution in [0.3, 0.4) is 0 Å². The summed E-state index contributed by atoms with van der Waals surface area (Å²) in [6.07, 6.45) is 9.51. The van der Waals surface area contributed by atoms with E-state index in [1.807, 2.05) is 30.3 Å². The largest absolute Gasteiger partial charge is 0.481 e. The summed E-state index contributed by atoms with van der Waals surface area (Å²) in [4.78, 5) is 19.4. The van der Waals surface area contributed by atoms with E-state index in [4.69, 9.17) is 16.3 Å². The van der Waals surface area contributed by atoms with Gasteiger partial charge < -0.3 is 9.64 Å². The van der Waals surface area contributed by atoms with E-state index in [0.29, 0.717) is 29.3 Å². The summed E-state index contributed by atoms with van der Waals surface area (Å²) in [6.45, 7) is 0.900. The summed E-state index contributed by atoms with van der Waals surface area (Å²) in [7, 11) is 1.62. The standard InChI is InChI=1S/C23H27ClN2O2/c1-28-22-20(8-5-12-25-22)16-9-10-17(21(24)15-16)14-18-11-13-26(23(18)27)19-6-3-2-4-7-19/h5,8-10,12,15,18-19H,2-4,6-7,11,13-14H2,1H3. The monoisotopic (exact) mass is 398 g/mol. The molecule has 0 spiro atoms. The van der Waals surface area contributed by atoms with Crippen LogP contribution in [0, 0.1) is 5.92 Å². The maximum Gasteiger partial charge on any atom is 0.226 e. The highest BCUT2D eigenvalue weighted by Crippen LogP contribution is 2.34. The lowest BCUT2D eigenvalue weighted by Crippen LogP contribution is -2.39. The lowest BCUT2D eigenvalue weighted by Gasteiger charge is -2.31. The molecule has 0 bridgehead atoms. The lowest BCUT2D eigenvalue weighted by molar-refractivity contribution is -0.133. The molecule has 4 rings (SSSR count). The molecule has 148 valence electrons. The van der Waals surface area contributed by atoms with E-state index in [1.54, 1.807) is 13.3 Å². The molecule has 2 aliphatic rings. The topological polar surface area (TPSA) is 42.4 Å². The lowest BCUT2D eigenvalue weighted by atomic mass is 9.93. The zero-order valence-corrected chi connectivity index (χ0v) is 17.1. The highest BCUT2D eigenvalue weighted by Gasteiger charge is 2.36. The van der Waals surface area contributed by atoms with Crippen molar-refractivity contribution in [3.63, 3.8) is 0 Å². The number of hydrogen-bond acceptors (Lipinski definition) is 3. The van der Waals surface area contributed by atoms with E-state index in [0.717, 1.165) is 29.7 Å². The van der Waals surface area contributed by atoms with E-state index in [9.17, 15) is 4.79 Å². The summed E-state index contributed by atoms with van der Waals surface area (Å²) in [5.41, 5.74) is 2.93. The summed E-state index contributed by atoms with van der Waals surface area (Å²) >= 11 is 6.60. The number of rotatable bonds is 5. The number of hydrogen-bond donors (Lipinski definition) is 0. The maximum absolute atomic E-state index is 13.0. The molecule has 1 aliphatic carbocycles. The molecular formula is C23H27ClN2O2. The van der Waals surface area contributed by atoms with E-state index in [1.165, 1.54) is 32.1 Å². The Morgan fingerprint density at radius 2 is 2.00 bits per heavy atom. The van der Waals surface area contributed by atoms with Gasteiger partial charge in [0.25, 0.3) is 0 Å². The first-order chi connectivity index (χ1) is 13.7. The summed E-state index contributed by atoms with van der Waals surface area (Å²) < 4.78 is 5.36. The van der Waals surface area contributed by atoms with Crippen LogP contribution in [0.5, 0.6) is 5.88 Å². The second kappa shape index (κ2) is 8.52. The van der Waals surface area contributed by atoms with Crippen LogP contribution in [0.25, 0.3) is 11.1 Å². The van der Waals surface area contributed by atoms with Crippen LogP contribution in [0.2, 0.25) is 5.02 Å². The third-order valence-corrected chi connectivity index (χ3v) is 6.51. The van der Waals surface area contributed by atoms with Crippen molar-refractivity contribution in [2.45, 2.75) is 51.0 Å². The Balaban J connectivity index is 1.48. The molecule has 2 aromatic rings. The Kier molecular flexibility index (Phi) is 5.86. The van der Waals surface area contributed by atoms with Crippen molar-refractivity contribution in [1.82, 2.24) is 9.88 Å². The highest BCUT2D eigenvalue weighted by atomic mass is 35.5. The second-order valence-corrected chi connectivity index (χ2v) is 8.29. The SMILES string of the molecule is COc1ncccc1-c1ccc(CC2CCN(C3CCCCC3)C2=O)c(Cl)c1. The van der Waals surface area contributed by atoms with Gasteiger partial charge in [0, 0.05) is 35.3 Å². The van der Waals surface area contributed by atoms with Crippen molar-refractivity contribution in [1.29, 1.82) is 0 Å². The van der Waals surface area contributed by atoms with Crippen molar-refractivity contribution >= 4 is 17.5 Å². The number of methoxy groups -OCH3 is 1. The fourth-order valence-electron chi connectivity index (χ4n) is 4.63. The van der Waals surface area contributed by atoms with Gasteiger partial charge in [0.05, 0.1) is 7.11 Å². The zero-order valence-electron chi connectivity index (χ0n) is 16.4. The Morgan fingerprint density at radius 3 is 2.75 bits per heavy atom. The predicted molar refractivity (Wildman–Crippen MR) is 112 cm³/mol. The summed E-state index contributed by atoms with van der Waals surface area (Å²) in [5.74, 6) is 0.958. The van der Waals surface area contributed by atoms with Gasteiger partial charge in [0.1, 0.15) is 0 Å². The number of carbonyl (C=O) groups excluding carboxylic acids is 1. The molecule has 1 saturated carbocycles. The third-order valence-electron chi connectivity index (χ3n) is 6.16. The molecule has 2 heterocycles. The van der Waals surface area contributed by atoms with Crippen LogP contribution in [-0.4, -0.2) is 35.5 Å². The van der Waals surface area contributed by atoms with E-state index < -0.39 is 0 Å².